The van der Waals surface area contributed by atoms with Crippen molar-refractivity contribution >= 4 is 12.9 Å². The first-order valence-corrected chi connectivity index (χ1v) is 8.31. The summed E-state index contributed by atoms with van der Waals surface area (Å²) in [7, 11) is -3.64. The molecule has 0 spiro atoms. The predicted octanol–water partition coefficient (Wildman–Crippen LogP) is 3.17. The van der Waals surface area contributed by atoms with Crippen LogP contribution in [0, 0.1) is 13.8 Å². The van der Waals surface area contributed by atoms with Crippen LogP contribution in [0.25, 0.3) is 0 Å². The van der Waals surface area contributed by atoms with Gasteiger partial charge in [0.25, 0.3) is 0 Å². The predicted molar refractivity (Wildman–Crippen MR) is 79.1 cm³/mol. The molecule has 0 unspecified atom stereocenters. The molecule has 0 heterocycles. The average Bonchev–Trinajstić information content (AvgIpc) is 2.38. The van der Waals surface area contributed by atoms with Crippen LogP contribution in [0.5, 0.6) is 11.5 Å². The van der Waals surface area contributed by atoms with Crippen molar-refractivity contribution in [1.29, 1.82) is 0 Å². The van der Waals surface area contributed by atoms with Gasteiger partial charge in [-0.15, -0.1) is 0 Å². The standard InChI is InChI=1S/C14H23O5P/c1-6-11-9(4)13(16)14(10(5)12(11)15)20(17,18-7-2)19-8-3/h15-16H,6-8H2,1-5H3. The first kappa shape index (κ1) is 17.0. The summed E-state index contributed by atoms with van der Waals surface area (Å²) in [6, 6.07) is 0. The second-order valence-electron chi connectivity index (χ2n) is 4.46. The Labute approximate surface area is 120 Å². The van der Waals surface area contributed by atoms with Crippen LogP contribution in [-0.4, -0.2) is 23.4 Å². The van der Waals surface area contributed by atoms with Gasteiger partial charge < -0.3 is 19.3 Å². The topological polar surface area (TPSA) is 76.0 Å². The van der Waals surface area contributed by atoms with E-state index in [2.05, 4.69) is 0 Å². The van der Waals surface area contributed by atoms with Crippen LogP contribution in [0.1, 0.15) is 37.5 Å². The van der Waals surface area contributed by atoms with E-state index < -0.39 is 7.60 Å². The van der Waals surface area contributed by atoms with Crippen molar-refractivity contribution in [2.45, 2.75) is 41.0 Å². The van der Waals surface area contributed by atoms with Gasteiger partial charge in [0, 0.05) is 11.1 Å². The number of hydrogen-bond acceptors (Lipinski definition) is 5. The van der Waals surface area contributed by atoms with Crippen LogP contribution in [-0.2, 0) is 20.0 Å². The first-order chi connectivity index (χ1) is 9.33. The SMILES string of the molecule is CCOP(=O)(OCC)c1c(C)c(O)c(CC)c(C)c1O. The Bertz CT molecular complexity index is 500. The Kier molecular flexibility index (Phi) is 5.63. The minimum atomic E-state index is -3.64. The fraction of sp³-hybridized carbons (Fsp3) is 0.571. The van der Waals surface area contributed by atoms with Gasteiger partial charge in [-0.25, -0.2) is 0 Å². The van der Waals surface area contributed by atoms with Gasteiger partial charge in [-0.2, -0.15) is 0 Å². The lowest BCUT2D eigenvalue weighted by Gasteiger charge is -2.23. The quantitative estimate of drug-likeness (QED) is 0.623. The molecular weight excluding hydrogens is 279 g/mol. The molecule has 0 aliphatic rings. The zero-order valence-electron chi connectivity index (χ0n) is 12.7. The van der Waals surface area contributed by atoms with Crippen LogP contribution >= 0.6 is 7.60 Å². The van der Waals surface area contributed by atoms with Crippen molar-refractivity contribution in [3.63, 3.8) is 0 Å². The van der Waals surface area contributed by atoms with Gasteiger partial charge >= 0.3 is 7.60 Å². The molecule has 1 aromatic carbocycles. The highest BCUT2D eigenvalue weighted by atomic mass is 31.2. The number of phenolic OH excluding ortho intramolecular Hbond substituents is 2. The summed E-state index contributed by atoms with van der Waals surface area (Å²) in [6.45, 7) is 8.94. The molecule has 20 heavy (non-hydrogen) atoms. The summed E-state index contributed by atoms with van der Waals surface area (Å²) in [5.74, 6) is -0.0835. The molecule has 0 saturated heterocycles. The van der Waals surface area contributed by atoms with E-state index in [-0.39, 0.29) is 30.0 Å². The molecule has 0 radical (unpaired) electrons. The fourth-order valence-electron chi connectivity index (χ4n) is 2.29. The summed E-state index contributed by atoms with van der Waals surface area (Å²) < 4.78 is 23.4. The molecule has 5 nitrogen and oxygen atoms in total. The Morgan fingerprint density at radius 1 is 0.950 bits per heavy atom. The Balaban J connectivity index is 3.63. The molecule has 0 aliphatic heterocycles. The van der Waals surface area contributed by atoms with Crippen molar-refractivity contribution in [3.8, 4) is 11.5 Å². The van der Waals surface area contributed by atoms with E-state index in [9.17, 15) is 14.8 Å². The summed E-state index contributed by atoms with van der Waals surface area (Å²) in [6.07, 6.45) is 0.569. The van der Waals surface area contributed by atoms with Crippen molar-refractivity contribution in [3.05, 3.63) is 16.7 Å². The van der Waals surface area contributed by atoms with Gasteiger partial charge in [0.05, 0.1) is 13.2 Å². The monoisotopic (exact) mass is 302 g/mol. The summed E-state index contributed by atoms with van der Waals surface area (Å²) in [5, 5.41) is 20.7. The van der Waals surface area contributed by atoms with Crippen LogP contribution in [0.2, 0.25) is 0 Å². The van der Waals surface area contributed by atoms with Gasteiger partial charge in [0.1, 0.15) is 16.8 Å². The molecule has 0 fully saturated rings. The van der Waals surface area contributed by atoms with Crippen molar-refractivity contribution in [1.82, 2.24) is 0 Å². The highest BCUT2D eigenvalue weighted by molar-refractivity contribution is 7.62. The van der Waals surface area contributed by atoms with Crippen LogP contribution in [0.4, 0.5) is 0 Å². The first-order valence-electron chi connectivity index (χ1n) is 6.77. The lowest BCUT2D eigenvalue weighted by atomic mass is 10.0. The Morgan fingerprint density at radius 2 is 1.45 bits per heavy atom. The lowest BCUT2D eigenvalue weighted by molar-refractivity contribution is 0.229. The maximum Gasteiger partial charge on any atom is 0.365 e. The van der Waals surface area contributed by atoms with E-state index in [1.807, 2.05) is 6.92 Å². The molecule has 0 aromatic heterocycles. The van der Waals surface area contributed by atoms with Crippen molar-refractivity contribution < 1.29 is 23.8 Å². The Hall–Kier alpha value is -1.03. The average molecular weight is 302 g/mol. The summed E-state index contributed by atoms with van der Waals surface area (Å²) in [5.41, 5.74) is 1.49. The Morgan fingerprint density at radius 3 is 1.85 bits per heavy atom. The summed E-state index contributed by atoms with van der Waals surface area (Å²) >= 11 is 0. The molecule has 0 aliphatic carbocycles. The lowest BCUT2D eigenvalue weighted by Crippen LogP contribution is -2.17. The second kappa shape index (κ2) is 6.61. The molecule has 2 N–H and O–H groups in total. The van der Waals surface area contributed by atoms with E-state index in [0.717, 1.165) is 0 Å². The number of aromatic hydroxyl groups is 2. The van der Waals surface area contributed by atoms with E-state index in [1.165, 1.54) is 0 Å². The molecule has 6 heteroatoms. The van der Waals surface area contributed by atoms with Crippen LogP contribution < -0.4 is 5.30 Å². The van der Waals surface area contributed by atoms with Gasteiger partial charge in [-0.1, -0.05) is 6.92 Å². The number of hydrogen-bond donors (Lipinski definition) is 2. The molecule has 0 atom stereocenters. The molecule has 1 rings (SSSR count). The smallest absolute Gasteiger partial charge is 0.365 e. The zero-order chi connectivity index (χ0) is 15.5. The van der Waals surface area contributed by atoms with Gasteiger partial charge in [-0.3, -0.25) is 4.57 Å². The highest BCUT2D eigenvalue weighted by Crippen LogP contribution is 2.52. The minimum absolute atomic E-state index is 0.0393. The van der Waals surface area contributed by atoms with Gasteiger partial charge in [0.2, 0.25) is 0 Å². The van der Waals surface area contributed by atoms with Crippen molar-refractivity contribution in [2.75, 3.05) is 13.2 Å². The van der Waals surface area contributed by atoms with Gasteiger partial charge in [0.15, 0.2) is 0 Å². The van der Waals surface area contributed by atoms with E-state index in [0.29, 0.717) is 23.1 Å². The number of benzene rings is 1. The molecule has 1 aromatic rings. The maximum absolute atomic E-state index is 12.8. The molecule has 0 saturated carbocycles. The zero-order valence-corrected chi connectivity index (χ0v) is 13.6. The summed E-state index contributed by atoms with van der Waals surface area (Å²) in [4.78, 5) is 0. The third-order valence-corrected chi connectivity index (χ3v) is 5.55. The molecular formula is C14H23O5P. The second-order valence-corrected chi connectivity index (χ2v) is 6.42. The number of phenols is 2. The third kappa shape index (κ3) is 2.85. The molecule has 0 amide bonds. The van der Waals surface area contributed by atoms with E-state index in [1.54, 1.807) is 27.7 Å². The van der Waals surface area contributed by atoms with E-state index >= 15 is 0 Å². The molecule has 0 bridgehead atoms. The maximum atomic E-state index is 12.8. The van der Waals surface area contributed by atoms with Crippen LogP contribution in [0.15, 0.2) is 0 Å². The normalized spacial score (nSPS) is 11.8. The van der Waals surface area contributed by atoms with Gasteiger partial charge in [-0.05, 0) is 39.7 Å². The number of rotatable bonds is 6. The van der Waals surface area contributed by atoms with Crippen molar-refractivity contribution in [2.24, 2.45) is 0 Å². The van der Waals surface area contributed by atoms with Crippen LogP contribution in [0.3, 0.4) is 0 Å². The highest BCUT2D eigenvalue weighted by Gasteiger charge is 2.35. The molecule has 114 valence electrons. The third-order valence-electron chi connectivity index (χ3n) is 3.25. The fourth-order valence-corrected chi connectivity index (χ4v) is 4.24. The minimum Gasteiger partial charge on any atom is -0.507 e. The van der Waals surface area contributed by atoms with E-state index in [4.69, 9.17) is 9.05 Å². The largest absolute Gasteiger partial charge is 0.507 e.